The zero-order valence-electron chi connectivity index (χ0n) is 18.3. The molecule has 1 aliphatic carbocycles. The van der Waals surface area contributed by atoms with Crippen molar-refractivity contribution in [2.75, 3.05) is 13.1 Å². The maximum Gasteiger partial charge on any atom is 0.233 e. The summed E-state index contributed by atoms with van der Waals surface area (Å²) in [7, 11) is 0. The van der Waals surface area contributed by atoms with Crippen LogP contribution in [-0.2, 0) is 10.2 Å². The standard InChI is InChI=1S/C27H25ClN4O/c28-21-11-12-25-29-16-24(32(25)18-21)23-10-4-9-22(30-23)19-6-5-15-31(17-19)26(33)27(13-14-27)20-7-2-1-3-8-20/h1-4,7-12,16,18-19H,5-6,13-15,17H2. The van der Waals surface area contributed by atoms with Crippen LogP contribution in [0.2, 0.25) is 5.02 Å². The average Bonchev–Trinajstić information content (AvgIpc) is 3.58. The van der Waals surface area contributed by atoms with Crippen LogP contribution in [0.15, 0.2) is 73.1 Å². The first kappa shape index (κ1) is 20.4. The van der Waals surface area contributed by atoms with Gasteiger partial charge in [-0.25, -0.2) is 4.98 Å². The second kappa shape index (κ2) is 7.99. The van der Waals surface area contributed by atoms with Gasteiger partial charge in [-0.2, -0.15) is 0 Å². The maximum absolute atomic E-state index is 13.6. The fraction of sp³-hybridized carbons (Fsp3) is 0.296. The summed E-state index contributed by atoms with van der Waals surface area (Å²) in [4.78, 5) is 25.1. The minimum Gasteiger partial charge on any atom is -0.341 e. The van der Waals surface area contributed by atoms with Crippen LogP contribution in [0.25, 0.3) is 17.0 Å². The van der Waals surface area contributed by atoms with E-state index < -0.39 is 0 Å². The molecule has 1 aliphatic heterocycles. The highest BCUT2D eigenvalue weighted by Crippen LogP contribution is 2.50. The second-order valence-electron chi connectivity index (χ2n) is 9.21. The quantitative estimate of drug-likeness (QED) is 0.408. The summed E-state index contributed by atoms with van der Waals surface area (Å²) in [6.07, 6.45) is 7.64. The largest absolute Gasteiger partial charge is 0.341 e. The number of halogens is 1. The van der Waals surface area contributed by atoms with Gasteiger partial charge in [-0.1, -0.05) is 48.0 Å². The van der Waals surface area contributed by atoms with Crippen LogP contribution in [0, 0.1) is 0 Å². The number of hydrogen-bond donors (Lipinski definition) is 0. The van der Waals surface area contributed by atoms with Gasteiger partial charge in [0.25, 0.3) is 0 Å². The van der Waals surface area contributed by atoms with Crippen LogP contribution in [0.1, 0.15) is 42.9 Å². The van der Waals surface area contributed by atoms with Gasteiger partial charge in [0.05, 0.1) is 28.0 Å². The molecule has 1 aromatic carbocycles. The Labute approximate surface area is 198 Å². The number of pyridine rings is 2. The summed E-state index contributed by atoms with van der Waals surface area (Å²) >= 11 is 6.21. The van der Waals surface area contributed by atoms with E-state index in [0.29, 0.717) is 5.02 Å². The molecule has 0 spiro atoms. The van der Waals surface area contributed by atoms with Gasteiger partial charge in [0.2, 0.25) is 5.91 Å². The maximum atomic E-state index is 13.6. The Morgan fingerprint density at radius 2 is 1.88 bits per heavy atom. The number of nitrogens with zero attached hydrogens (tertiary/aromatic N) is 4. The summed E-state index contributed by atoms with van der Waals surface area (Å²) in [6, 6.07) is 20.2. The molecule has 2 aliphatic rings. The number of imidazole rings is 1. The highest BCUT2D eigenvalue weighted by Gasteiger charge is 2.53. The minimum absolute atomic E-state index is 0.233. The third kappa shape index (κ3) is 3.61. The summed E-state index contributed by atoms with van der Waals surface area (Å²) in [5.41, 5.74) is 4.50. The lowest BCUT2D eigenvalue weighted by atomic mass is 9.90. The Kier molecular flexibility index (Phi) is 4.95. The van der Waals surface area contributed by atoms with Crippen LogP contribution in [0.3, 0.4) is 0 Å². The fourth-order valence-corrected chi connectivity index (χ4v) is 5.34. The molecule has 33 heavy (non-hydrogen) atoms. The van der Waals surface area contributed by atoms with Gasteiger partial charge >= 0.3 is 0 Å². The number of fused-ring (bicyclic) bond motifs is 1. The van der Waals surface area contributed by atoms with Crippen molar-refractivity contribution in [3.05, 3.63) is 89.3 Å². The van der Waals surface area contributed by atoms with Crippen LogP contribution in [0.5, 0.6) is 0 Å². The number of rotatable bonds is 4. The fourth-order valence-electron chi connectivity index (χ4n) is 5.18. The van der Waals surface area contributed by atoms with Crippen molar-refractivity contribution in [2.45, 2.75) is 37.0 Å². The van der Waals surface area contributed by atoms with Crippen LogP contribution in [-0.4, -0.2) is 38.3 Å². The number of carbonyl (C=O) groups excluding carboxylic acids is 1. The van der Waals surface area contributed by atoms with Crippen LogP contribution >= 0.6 is 11.6 Å². The van der Waals surface area contributed by atoms with E-state index in [9.17, 15) is 4.79 Å². The molecule has 1 amide bonds. The van der Waals surface area contributed by atoms with E-state index in [1.165, 1.54) is 0 Å². The zero-order valence-corrected chi connectivity index (χ0v) is 19.1. The molecule has 166 valence electrons. The molecule has 5 nitrogen and oxygen atoms in total. The van der Waals surface area contributed by atoms with Crippen LogP contribution < -0.4 is 0 Å². The van der Waals surface area contributed by atoms with Gasteiger partial charge in [0.1, 0.15) is 5.65 Å². The SMILES string of the molecule is O=C(N1CCCC(c2cccc(-c3cnc4ccc(Cl)cn34)n2)C1)C1(c2ccccc2)CC1. The topological polar surface area (TPSA) is 50.5 Å². The molecular formula is C27H25ClN4O. The number of piperidine rings is 1. The Bertz CT molecular complexity index is 1330. The number of benzene rings is 1. The van der Waals surface area contributed by atoms with Gasteiger partial charge in [0.15, 0.2) is 0 Å². The van der Waals surface area contributed by atoms with Crippen molar-refractivity contribution in [2.24, 2.45) is 0 Å². The molecule has 4 heterocycles. The van der Waals surface area contributed by atoms with Crippen molar-refractivity contribution in [3.63, 3.8) is 0 Å². The van der Waals surface area contributed by atoms with E-state index in [0.717, 1.165) is 67.1 Å². The molecule has 2 fully saturated rings. The van der Waals surface area contributed by atoms with E-state index >= 15 is 0 Å². The Hall–Kier alpha value is -3.18. The van der Waals surface area contributed by atoms with Gasteiger partial charge in [-0.15, -0.1) is 0 Å². The summed E-state index contributed by atoms with van der Waals surface area (Å²) in [5.74, 6) is 0.517. The molecule has 0 bridgehead atoms. The smallest absolute Gasteiger partial charge is 0.233 e. The summed E-state index contributed by atoms with van der Waals surface area (Å²) in [5, 5.41) is 0.659. The monoisotopic (exact) mass is 456 g/mol. The minimum atomic E-state index is -0.311. The number of carbonyl (C=O) groups is 1. The third-order valence-corrected chi connectivity index (χ3v) is 7.34. The first-order valence-electron chi connectivity index (χ1n) is 11.6. The Morgan fingerprint density at radius 3 is 2.70 bits per heavy atom. The van der Waals surface area contributed by atoms with E-state index in [2.05, 4.69) is 34.1 Å². The lowest BCUT2D eigenvalue weighted by Crippen LogP contribution is -2.44. The van der Waals surface area contributed by atoms with Crippen molar-refractivity contribution in [1.82, 2.24) is 19.3 Å². The Morgan fingerprint density at radius 1 is 1.03 bits per heavy atom. The molecule has 1 atom stereocenters. The molecule has 0 radical (unpaired) electrons. The van der Waals surface area contributed by atoms with Crippen molar-refractivity contribution in [3.8, 4) is 11.4 Å². The number of aromatic nitrogens is 3. The van der Waals surface area contributed by atoms with E-state index in [4.69, 9.17) is 16.6 Å². The second-order valence-corrected chi connectivity index (χ2v) is 9.64. The van der Waals surface area contributed by atoms with Crippen molar-refractivity contribution >= 4 is 23.2 Å². The molecule has 1 saturated carbocycles. The molecule has 0 N–H and O–H groups in total. The van der Waals surface area contributed by atoms with E-state index in [1.54, 1.807) is 0 Å². The Balaban J connectivity index is 1.26. The van der Waals surface area contributed by atoms with Gasteiger partial charge in [-0.05, 0) is 55.5 Å². The van der Waals surface area contributed by atoms with Gasteiger partial charge < -0.3 is 4.90 Å². The molecule has 1 unspecified atom stereocenters. The van der Waals surface area contributed by atoms with E-state index in [-0.39, 0.29) is 17.2 Å². The highest BCUT2D eigenvalue weighted by molar-refractivity contribution is 6.30. The average molecular weight is 457 g/mol. The van der Waals surface area contributed by atoms with Gasteiger partial charge in [0, 0.05) is 30.9 Å². The normalized spacial score (nSPS) is 19.5. The summed E-state index contributed by atoms with van der Waals surface area (Å²) < 4.78 is 1.97. The lowest BCUT2D eigenvalue weighted by molar-refractivity contribution is -0.135. The highest BCUT2D eigenvalue weighted by atomic mass is 35.5. The number of hydrogen-bond acceptors (Lipinski definition) is 3. The van der Waals surface area contributed by atoms with Crippen LogP contribution in [0.4, 0.5) is 0 Å². The summed E-state index contributed by atoms with van der Waals surface area (Å²) in [6.45, 7) is 1.55. The first-order valence-corrected chi connectivity index (χ1v) is 12.0. The first-order chi connectivity index (χ1) is 16.1. The van der Waals surface area contributed by atoms with Crippen molar-refractivity contribution < 1.29 is 4.79 Å². The van der Waals surface area contributed by atoms with E-state index in [1.807, 2.05) is 53.2 Å². The molecule has 3 aromatic heterocycles. The van der Waals surface area contributed by atoms with Gasteiger partial charge in [-0.3, -0.25) is 14.2 Å². The molecule has 1 saturated heterocycles. The zero-order chi connectivity index (χ0) is 22.4. The number of amides is 1. The lowest BCUT2D eigenvalue weighted by Gasteiger charge is -2.35. The van der Waals surface area contributed by atoms with Crippen molar-refractivity contribution in [1.29, 1.82) is 0 Å². The predicted molar refractivity (Wildman–Crippen MR) is 129 cm³/mol. The predicted octanol–water partition coefficient (Wildman–Crippen LogP) is 5.49. The molecular weight excluding hydrogens is 432 g/mol. The molecule has 6 rings (SSSR count). The molecule has 6 heteroatoms. The third-order valence-electron chi connectivity index (χ3n) is 7.12. The number of likely N-dealkylation sites (tertiary alicyclic amines) is 1. The molecule has 4 aromatic rings.